The molecule has 0 aromatic heterocycles. The number of rotatable bonds is 1. The molecule has 0 saturated carbocycles. The van der Waals surface area contributed by atoms with Gasteiger partial charge in [-0.25, -0.2) is 0 Å². The summed E-state index contributed by atoms with van der Waals surface area (Å²) < 4.78 is 0. The van der Waals surface area contributed by atoms with Crippen LogP contribution in [0.2, 0.25) is 0 Å². The Bertz CT molecular complexity index is 380. The molecular formula is C12H16N2OS. The first kappa shape index (κ1) is 11.5. The molecule has 0 fully saturated rings. The van der Waals surface area contributed by atoms with E-state index in [9.17, 15) is 5.11 Å². The normalized spacial score (nSPS) is 25.4. The van der Waals surface area contributed by atoms with Gasteiger partial charge in [0.1, 0.15) is 6.23 Å². The summed E-state index contributed by atoms with van der Waals surface area (Å²) in [5.41, 5.74) is 0.995. The van der Waals surface area contributed by atoms with Crippen LogP contribution in [0.25, 0.3) is 0 Å². The standard InChI is InChI=1S/C12H16N2OS/c1-9-8-13-12(16-2)14(11(9)15)10-6-4-3-5-7-10/h3-7,9,11,15H,8H2,1-2H3/t9-,11+/m1/s1. The van der Waals surface area contributed by atoms with Crippen LogP contribution < -0.4 is 4.90 Å². The summed E-state index contributed by atoms with van der Waals surface area (Å²) in [4.78, 5) is 6.38. The lowest BCUT2D eigenvalue weighted by Gasteiger charge is -2.36. The largest absolute Gasteiger partial charge is 0.373 e. The van der Waals surface area contributed by atoms with E-state index in [0.717, 1.165) is 10.9 Å². The molecule has 0 unspecified atom stereocenters. The van der Waals surface area contributed by atoms with Gasteiger partial charge in [-0.3, -0.25) is 9.89 Å². The van der Waals surface area contributed by atoms with E-state index < -0.39 is 6.23 Å². The maximum atomic E-state index is 10.2. The van der Waals surface area contributed by atoms with Gasteiger partial charge in [0.15, 0.2) is 5.17 Å². The first-order chi connectivity index (χ1) is 7.74. The van der Waals surface area contributed by atoms with E-state index in [-0.39, 0.29) is 5.92 Å². The molecule has 16 heavy (non-hydrogen) atoms. The molecule has 0 amide bonds. The maximum absolute atomic E-state index is 10.2. The summed E-state index contributed by atoms with van der Waals surface area (Å²) >= 11 is 1.57. The second-order valence-corrected chi connectivity index (χ2v) is 4.70. The van der Waals surface area contributed by atoms with Gasteiger partial charge in [0, 0.05) is 18.2 Å². The van der Waals surface area contributed by atoms with Crippen molar-refractivity contribution in [3.8, 4) is 0 Å². The van der Waals surface area contributed by atoms with Gasteiger partial charge in [-0.05, 0) is 18.4 Å². The van der Waals surface area contributed by atoms with Crippen molar-refractivity contribution < 1.29 is 5.11 Å². The molecule has 86 valence electrons. The topological polar surface area (TPSA) is 35.8 Å². The van der Waals surface area contributed by atoms with Gasteiger partial charge >= 0.3 is 0 Å². The molecule has 1 heterocycles. The van der Waals surface area contributed by atoms with E-state index in [1.54, 1.807) is 11.8 Å². The quantitative estimate of drug-likeness (QED) is 0.812. The Morgan fingerprint density at radius 3 is 2.69 bits per heavy atom. The molecule has 1 N–H and O–H groups in total. The molecule has 1 aromatic carbocycles. The second-order valence-electron chi connectivity index (χ2n) is 3.92. The number of hydrogen-bond donors (Lipinski definition) is 1. The number of nitrogens with zero attached hydrogens (tertiary/aromatic N) is 2. The van der Waals surface area contributed by atoms with Crippen molar-refractivity contribution >= 4 is 22.6 Å². The third-order valence-corrected chi connectivity index (χ3v) is 3.40. The zero-order chi connectivity index (χ0) is 11.5. The van der Waals surface area contributed by atoms with Crippen molar-refractivity contribution in [2.45, 2.75) is 13.2 Å². The fourth-order valence-corrected chi connectivity index (χ4v) is 2.39. The number of anilines is 1. The van der Waals surface area contributed by atoms with Crippen molar-refractivity contribution in [1.82, 2.24) is 0 Å². The molecule has 0 aliphatic carbocycles. The molecule has 2 atom stereocenters. The summed E-state index contributed by atoms with van der Waals surface area (Å²) in [6, 6.07) is 9.90. The van der Waals surface area contributed by atoms with E-state index in [4.69, 9.17) is 0 Å². The maximum Gasteiger partial charge on any atom is 0.165 e. The second kappa shape index (κ2) is 4.89. The number of aliphatic hydroxyl groups is 1. The number of hydrogen-bond acceptors (Lipinski definition) is 4. The lowest BCUT2D eigenvalue weighted by molar-refractivity contribution is 0.125. The van der Waals surface area contributed by atoms with Crippen LogP contribution >= 0.6 is 11.8 Å². The van der Waals surface area contributed by atoms with E-state index in [1.807, 2.05) is 48.4 Å². The molecule has 1 aromatic rings. The first-order valence-electron chi connectivity index (χ1n) is 5.35. The van der Waals surface area contributed by atoms with Gasteiger partial charge in [-0.2, -0.15) is 0 Å². The third kappa shape index (κ3) is 2.08. The predicted octanol–water partition coefficient (Wildman–Crippen LogP) is 2.18. The Morgan fingerprint density at radius 1 is 1.38 bits per heavy atom. The Morgan fingerprint density at radius 2 is 2.06 bits per heavy atom. The fraction of sp³-hybridized carbons (Fsp3) is 0.417. The van der Waals surface area contributed by atoms with Gasteiger partial charge in [-0.15, -0.1) is 0 Å². The van der Waals surface area contributed by atoms with Crippen LogP contribution in [-0.4, -0.2) is 29.3 Å². The lowest BCUT2D eigenvalue weighted by atomic mass is 10.1. The summed E-state index contributed by atoms with van der Waals surface area (Å²) in [5, 5.41) is 11.1. The highest BCUT2D eigenvalue weighted by molar-refractivity contribution is 8.13. The molecule has 2 rings (SSSR count). The highest BCUT2D eigenvalue weighted by Crippen LogP contribution is 2.26. The number of thioether (sulfide) groups is 1. The molecule has 1 aliphatic rings. The molecule has 0 bridgehead atoms. The summed E-state index contributed by atoms with van der Waals surface area (Å²) in [7, 11) is 0. The van der Waals surface area contributed by atoms with Crippen molar-refractivity contribution in [3.05, 3.63) is 30.3 Å². The van der Waals surface area contributed by atoms with E-state index >= 15 is 0 Å². The van der Waals surface area contributed by atoms with Crippen molar-refractivity contribution in [3.63, 3.8) is 0 Å². The highest BCUT2D eigenvalue weighted by atomic mass is 32.2. The van der Waals surface area contributed by atoms with E-state index in [0.29, 0.717) is 6.54 Å². The minimum Gasteiger partial charge on any atom is -0.373 e. The molecule has 0 saturated heterocycles. The zero-order valence-corrected chi connectivity index (χ0v) is 10.3. The lowest BCUT2D eigenvalue weighted by Crippen LogP contribution is -2.47. The van der Waals surface area contributed by atoms with Crippen LogP contribution in [0.3, 0.4) is 0 Å². The van der Waals surface area contributed by atoms with Crippen LogP contribution in [0.1, 0.15) is 6.92 Å². The van der Waals surface area contributed by atoms with Gasteiger partial charge < -0.3 is 5.11 Å². The number of amidine groups is 1. The number of aliphatic imine (C=N–C) groups is 1. The smallest absolute Gasteiger partial charge is 0.165 e. The van der Waals surface area contributed by atoms with Crippen LogP contribution in [0.5, 0.6) is 0 Å². The average molecular weight is 236 g/mol. The third-order valence-electron chi connectivity index (χ3n) is 2.71. The number of benzene rings is 1. The van der Waals surface area contributed by atoms with Gasteiger partial charge in [0.25, 0.3) is 0 Å². The van der Waals surface area contributed by atoms with E-state index in [1.165, 1.54) is 0 Å². The first-order valence-corrected chi connectivity index (χ1v) is 6.57. The molecule has 4 heteroatoms. The molecular weight excluding hydrogens is 220 g/mol. The average Bonchev–Trinajstić information content (AvgIpc) is 2.33. The van der Waals surface area contributed by atoms with Gasteiger partial charge in [0.2, 0.25) is 0 Å². The van der Waals surface area contributed by atoms with Crippen molar-refractivity contribution in [2.24, 2.45) is 10.9 Å². The fourth-order valence-electron chi connectivity index (χ4n) is 1.77. The summed E-state index contributed by atoms with van der Waals surface area (Å²) in [5.74, 6) is 0.163. The minimum atomic E-state index is -0.484. The van der Waals surface area contributed by atoms with Crippen molar-refractivity contribution in [2.75, 3.05) is 17.7 Å². The van der Waals surface area contributed by atoms with Crippen LogP contribution in [0, 0.1) is 5.92 Å². The van der Waals surface area contributed by atoms with Crippen LogP contribution in [-0.2, 0) is 0 Å². The number of para-hydroxylation sites is 1. The Labute approximate surface area is 100 Å². The predicted molar refractivity (Wildman–Crippen MR) is 69.9 cm³/mol. The number of aliphatic hydroxyl groups excluding tert-OH is 1. The Hall–Kier alpha value is -1.00. The summed E-state index contributed by atoms with van der Waals surface area (Å²) in [6.45, 7) is 2.71. The van der Waals surface area contributed by atoms with Gasteiger partial charge in [0.05, 0.1) is 0 Å². The molecule has 0 radical (unpaired) electrons. The van der Waals surface area contributed by atoms with Crippen LogP contribution in [0.15, 0.2) is 35.3 Å². The molecule has 1 aliphatic heterocycles. The zero-order valence-electron chi connectivity index (χ0n) is 9.50. The SMILES string of the molecule is CSC1=NC[C@@H](C)[C@H](O)N1c1ccccc1. The summed E-state index contributed by atoms with van der Waals surface area (Å²) in [6.07, 6.45) is 1.50. The Kier molecular flexibility index (Phi) is 3.51. The van der Waals surface area contributed by atoms with Crippen molar-refractivity contribution in [1.29, 1.82) is 0 Å². The van der Waals surface area contributed by atoms with Gasteiger partial charge in [-0.1, -0.05) is 36.9 Å². The van der Waals surface area contributed by atoms with Crippen LogP contribution in [0.4, 0.5) is 5.69 Å². The van der Waals surface area contributed by atoms with E-state index in [2.05, 4.69) is 4.99 Å². The molecule has 3 nitrogen and oxygen atoms in total. The highest BCUT2D eigenvalue weighted by Gasteiger charge is 2.29. The monoisotopic (exact) mass is 236 g/mol. The minimum absolute atomic E-state index is 0.163. The molecule has 0 spiro atoms. The Balaban J connectivity index is 2.36.